The van der Waals surface area contributed by atoms with Crippen LogP contribution in [0, 0.1) is 27.7 Å². The van der Waals surface area contributed by atoms with E-state index in [0.29, 0.717) is 17.9 Å². The average Bonchev–Trinajstić information content (AvgIpc) is 3.39. The first-order valence-electron chi connectivity index (χ1n) is 13.9. The van der Waals surface area contributed by atoms with Crippen molar-refractivity contribution in [3.8, 4) is 0 Å². The molecule has 8 heteroatoms. The molecule has 0 unspecified atom stereocenters. The Morgan fingerprint density at radius 1 is 0.850 bits per heavy atom. The topological polar surface area (TPSA) is 82.9 Å². The molecule has 1 aliphatic heterocycles. The molecule has 0 radical (unpaired) electrons. The molecule has 1 aliphatic rings. The van der Waals surface area contributed by atoms with E-state index in [4.69, 9.17) is 0 Å². The van der Waals surface area contributed by atoms with Gasteiger partial charge in [0, 0.05) is 37.4 Å². The number of rotatable bonds is 6. The average molecular weight is 534 g/mol. The summed E-state index contributed by atoms with van der Waals surface area (Å²) in [6, 6.07) is 22.7. The van der Waals surface area contributed by atoms with Crippen molar-refractivity contribution >= 4 is 16.6 Å². The maximum Gasteiger partial charge on any atom is 0.253 e. The zero-order chi connectivity index (χ0) is 27.8. The Hall–Kier alpha value is -4.30. The minimum absolute atomic E-state index is 0.101. The highest BCUT2D eigenvalue weighted by Crippen LogP contribution is 2.31. The zero-order valence-electron chi connectivity index (χ0n) is 23.6. The molecule has 3 aromatic carbocycles. The van der Waals surface area contributed by atoms with Crippen LogP contribution in [0.15, 0.2) is 71.5 Å². The normalized spacial score (nSPS) is 15.1. The Morgan fingerprint density at radius 3 is 2.40 bits per heavy atom. The van der Waals surface area contributed by atoms with Gasteiger partial charge < -0.3 is 9.88 Å². The van der Waals surface area contributed by atoms with Gasteiger partial charge in [-0.15, -0.1) is 5.10 Å². The minimum atomic E-state index is -0.381. The first kappa shape index (κ1) is 26.0. The fraction of sp³-hybridized carbons (Fsp3) is 0.312. The third-order valence-electron chi connectivity index (χ3n) is 7.98. The van der Waals surface area contributed by atoms with Crippen molar-refractivity contribution in [3.63, 3.8) is 0 Å². The highest BCUT2D eigenvalue weighted by Gasteiger charge is 2.33. The van der Waals surface area contributed by atoms with Crippen LogP contribution in [0.3, 0.4) is 0 Å². The number of H-pyrrole nitrogens is 1. The number of aromatic nitrogens is 5. The molecule has 2 aromatic heterocycles. The molecule has 1 fully saturated rings. The molecule has 0 bridgehead atoms. The van der Waals surface area contributed by atoms with Crippen LogP contribution in [0.4, 0.5) is 5.69 Å². The van der Waals surface area contributed by atoms with Crippen LogP contribution in [0.5, 0.6) is 0 Å². The summed E-state index contributed by atoms with van der Waals surface area (Å²) in [7, 11) is 0. The highest BCUT2D eigenvalue weighted by atomic mass is 16.1. The van der Waals surface area contributed by atoms with E-state index < -0.39 is 0 Å². The first-order valence-corrected chi connectivity index (χ1v) is 13.9. The van der Waals surface area contributed by atoms with Crippen molar-refractivity contribution in [1.82, 2.24) is 30.1 Å². The predicted molar refractivity (Wildman–Crippen MR) is 159 cm³/mol. The Balaban J connectivity index is 1.41. The van der Waals surface area contributed by atoms with Gasteiger partial charge in [0.2, 0.25) is 0 Å². The van der Waals surface area contributed by atoms with E-state index in [-0.39, 0.29) is 11.6 Å². The summed E-state index contributed by atoms with van der Waals surface area (Å²) < 4.78 is 1.84. The second-order valence-electron chi connectivity index (χ2n) is 11.0. The lowest BCUT2D eigenvalue weighted by molar-refractivity contribution is 0.200. The van der Waals surface area contributed by atoms with Gasteiger partial charge in [-0.05, 0) is 84.0 Å². The van der Waals surface area contributed by atoms with Crippen LogP contribution < -0.4 is 10.5 Å². The lowest BCUT2D eigenvalue weighted by Crippen LogP contribution is -2.49. The van der Waals surface area contributed by atoms with Crippen LogP contribution in [0.2, 0.25) is 0 Å². The Bertz CT molecular complexity index is 1720. The van der Waals surface area contributed by atoms with Crippen LogP contribution in [-0.4, -0.2) is 56.3 Å². The number of hydrogen-bond acceptors (Lipinski definition) is 6. The van der Waals surface area contributed by atoms with E-state index in [2.05, 4.69) is 93.5 Å². The lowest BCUT2D eigenvalue weighted by Gasteiger charge is -2.40. The molecule has 0 amide bonds. The third kappa shape index (κ3) is 5.02. The highest BCUT2D eigenvalue weighted by molar-refractivity contribution is 5.83. The molecule has 204 valence electrons. The number of tetrazole rings is 1. The van der Waals surface area contributed by atoms with Crippen molar-refractivity contribution in [2.75, 3.05) is 31.1 Å². The molecule has 0 spiro atoms. The third-order valence-corrected chi connectivity index (χ3v) is 7.98. The number of hydrogen-bond donors (Lipinski definition) is 1. The fourth-order valence-corrected chi connectivity index (χ4v) is 5.96. The summed E-state index contributed by atoms with van der Waals surface area (Å²) in [6.45, 7) is 12.2. The number of anilines is 1. The smallest absolute Gasteiger partial charge is 0.253 e. The van der Waals surface area contributed by atoms with Gasteiger partial charge in [0.25, 0.3) is 5.56 Å². The van der Waals surface area contributed by atoms with Gasteiger partial charge in [-0.3, -0.25) is 9.69 Å². The fourth-order valence-electron chi connectivity index (χ4n) is 5.96. The number of nitrogens with one attached hydrogen (secondary N) is 1. The van der Waals surface area contributed by atoms with Gasteiger partial charge in [0.05, 0.1) is 12.1 Å². The van der Waals surface area contributed by atoms with Gasteiger partial charge >= 0.3 is 0 Å². The van der Waals surface area contributed by atoms with Crippen LogP contribution in [0.1, 0.15) is 45.2 Å². The molecule has 40 heavy (non-hydrogen) atoms. The largest absolute Gasteiger partial charge is 0.369 e. The van der Waals surface area contributed by atoms with Crippen LogP contribution in [0.25, 0.3) is 10.9 Å². The van der Waals surface area contributed by atoms with Gasteiger partial charge in [-0.1, -0.05) is 54.1 Å². The van der Waals surface area contributed by atoms with Gasteiger partial charge in [-0.2, -0.15) is 0 Å². The maximum atomic E-state index is 13.7. The van der Waals surface area contributed by atoms with Crippen molar-refractivity contribution in [2.24, 2.45) is 0 Å². The second-order valence-corrected chi connectivity index (χ2v) is 11.0. The number of pyridine rings is 1. The van der Waals surface area contributed by atoms with Crippen molar-refractivity contribution < 1.29 is 0 Å². The Kier molecular flexibility index (Phi) is 6.94. The molecule has 0 aliphatic carbocycles. The molecule has 1 N–H and O–H groups in total. The molecule has 0 saturated carbocycles. The van der Waals surface area contributed by atoms with E-state index in [1.54, 1.807) is 0 Å². The standard InChI is InChI=1S/C32H35N7O/c1-21-10-11-23(3)28(18-21)37-12-14-38(15-13-37)30(31-34-35-36-39(31)20-25-8-6-5-7-9-25)27-19-26-17-22(2)16-24(4)29(26)33-32(27)40/h5-11,16-19,30H,12-15,20H2,1-4H3,(H,33,40)/t30-/m0/s1. The molecular weight excluding hydrogens is 498 g/mol. The number of benzene rings is 3. The molecular formula is C32H35N7O. The molecule has 5 aromatic rings. The molecule has 8 nitrogen and oxygen atoms in total. The van der Waals surface area contributed by atoms with E-state index in [1.165, 1.54) is 16.8 Å². The SMILES string of the molecule is Cc1ccc(C)c(N2CCN([C@@H](c3cc4cc(C)cc(C)c4[nH]c3=O)c3nnnn3Cc3ccccc3)CC2)c1. The first-order chi connectivity index (χ1) is 19.4. The summed E-state index contributed by atoms with van der Waals surface area (Å²) >= 11 is 0. The van der Waals surface area contributed by atoms with E-state index in [9.17, 15) is 4.79 Å². The van der Waals surface area contributed by atoms with Crippen molar-refractivity contribution in [1.29, 1.82) is 0 Å². The summed E-state index contributed by atoms with van der Waals surface area (Å²) in [6.07, 6.45) is 0. The summed E-state index contributed by atoms with van der Waals surface area (Å²) in [5.41, 5.74) is 8.59. The second kappa shape index (κ2) is 10.7. The number of aromatic amines is 1. The van der Waals surface area contributed by atoms with E-state index >= 15 is 0 Å². The van der Waals surface area contributed by atoms with E-state index in [0.717, 1.165) is 53.8 Å². The van der Waals surface area contributed by atoms with Crippen molar-refractivity contribution in [3.05, 3.63) is 116 Å². The van der Waals surface area contributed by atoms with E-state index in [1.807, 2.05) is 35.9 Å². The van der Waals surface area contributed by atoms with Crippen LogP contribution >= 0.6 is 0 Å². The number of aryl methyl sites for hydroxylation is 4. The van der Waals surface area contributed by atoms with Crippen LogP contribution in [-0.2, 0) is 6.54 Å². The maximum absolute atomic E-state index is 13.7. The zero-order valence-corrected chi connectivity index (χ0v) is 23.6. The molecule has 1 atom stereocenters. The minimum Gasteiger partial charge on any atom is -0.369 e. The Morgan fingerprint density at radius 2 is 1.62 bits per heavy atom. The van der Waals surface area contributed by atoms with Gasteiger partial charge in [0.15, 0.2) is 5.82 Å². The molecule has 1 saturated heterocycles. The lowest BCUT2D eigenvalue weighted by atomic mass is 10.00. The summed E-state index contributed by atoms with van der Waals surface area (Å²) in [5, 5.41) is 14.0. The van der Waals surface area contributed by atoms with Gasteiger partial charge in [-0.25, -0.2) is 4.68 Å². The summed E-state index contributed by atoms with van der Waals surface area (Å²) in [4.78, 5) is 21.7. The number of nitrogens with zero attached hydrogens (tertiary/aromatic N) is 6. The number of piperazine rings is 1. The quantitative estimate of drug-likeness (QED) is 0.341. The van der Waals surface area contributed by atoms with Crippen molar-refractivity contribution in [2.45, 2.75) is 40.3 Å². The summed E-state index contributed by atoms with van der Waals surface area (Å²) in [5.74, 6) is 0.679. The number of fused-ring (bicyclic) bond motifs is 1. The Labute approximate surface area is 234 Å². The molecule has 6 rings (SSSR count). The van der Waals surface area contributed by atoms with Gasteiger partial charge in [0.1, 0.15) is 6.04 Å². The monoisotopic (exact) mass is 533 g/mol. The molecule has 3 heterocycles. The predicted octanol–water partition coefficient (Wildman–Crippen LogP) is 4.71.